The van der Waals surface area contributed by atoms with Crippen molar-refractivity contribution < 1.29 is 4.74 Å². The third-order valence-electron chi connectivity index (χ3n) is 12.7. The molecular formula is C47H43N3O. The highest BCUT2D eigenvalue weighted by Gasteiger charge is 2.61. The lowest BCUT2D eigenvalue weighted by molar-refractivity contribution is 0.253. The standard InChI is InChI=1S/C47H43N3O/c1-29-27-38-40(28-30(29)2)51-39-24-10-9-22-36(39)47(38)41-25-11-12-26-46(41,3)37-23-14-21-35(42(37)47)45-49-43(32-16-5-4-6-17-32)48-44(50-45)34-20-13-18-31-15-7-8-19-33(31)34/h4-12,14-17,19-25,29-30,45H,13,18,26-28H2,1-3H3,(H,48,49,50)/t29?,30?,45-,46?,47?/m0/s1. The molecule has 0 fully saturated rings. The molecular weight excluding hydrogens is 623 g/mol. The Labute approximate surface area is 301 Å². The number of ether oxygens (including phenoxy) is 1. The molecule has 4 aromatic carbocycles. The largest absolute Gasteiger partial charge is 0.461 e. The van der Waals surface area contributed by atoms with Crippen molar-refractivity contribution in [2.45, 2.75) is 69.9 Å². The summed E-state index contributed by atoms with van der Waals surface area (Å²) in [5.41, 5.74) is 12.3. The van der Waals surface area contributed by atoms with Gasteiger partial charge in [0.25, 0.3) is 0 Å². The first-order valence-electron chi connectivity index (χ1n) is 18.7. The summed E-state index contributed by atoms with van der Waals surface area (Å²) in [7, 11) is 0. The molecule has 51 heavy (non-hydrogen) atoms. The Morgan fingerprint density at radius 1 is 0.784 bits per heavy atom. The molecule has 0 amide bonds. The van der Waals surface area contributed by atoms with Gasteiger partial charge in [0.2, 0.25) is 0 Å². The summed E-state index contributed by atoms with van der Waals surface area (Å²) < 4.78 is 6.92. The minimum Gasteiger partial charge on any atom is -0.461 e. The molecule has 1 N–H and O–H groups in total. The van der Waals surface area contributed by atoms with E-state index in [1.807, 2.05) is 0 Å². The van der Waals surface area contributed by atoms with Crippen molar-refractivity contribution in [1.82, 2.24) is 5.32 Å². The number of hydrogen-bond donors (Lipinski definition) is 1. The number of hydrogen-bond acceptors (Lipinski definition) is 4. The fourth-order valence-electron chi connectivity index (χ4n) is 10.0. The molecule has 0 saturated carbocycles. The Morgan fingerprint density at radius 2 is 1.55 bits per heavy atom. The summed E-state index contributed by atoms with van der Waals surface area (Å²) in [4.78, 5) is 11.1. The summed E-state index contributed by atoms with van der Waals surface area (Å²) in [5, 5.41) is 3.73. The molecule has 2 heterocycles. The Morgan fingerprint density at radius 3 is 2.45 bits per heavy atom. The predicted molar refractivity (Wildman–Crippen MR) is 207 cm³/mol. The first-order valence-corrected chi connectivity index (χ1v) is 18.7. The van der Waals surface area contributed by atoms with Crippen molar-refractivity contribution in [3.63, 3.8) is 0 Å². The summed E-state index contributed by atoms with van der Waals surface area (Å²) in [6.45, 7) is 7.27. The fraction of sp³-hybridized carbons (Fsp3) is 0.277. The normalized spacial score (nSPS) is 28.5. The maximum absolute atomic E-state index is 6.92. The molecule has 1 spiro atoms. The van der Waals surface area contributed by atoms with E-state index in [1.165, 1.54) is 44.5 Å². The van der Waals surface area contributed by atoms with Crippen LogP contribution >= 0.6 is 0 Å². The number of amidine groups is 2. The van der Waals surface area contributed by atoms with Gasteiger partial charge in [0, 0.05) is 34.1 Å². The van der Waals surface area contributed by atoms with Gasteiger partial charge in [-0.25, -0.2) is 9.98 Å². The van der Waals surface area contributed by atoms with Crippen LogP contribution in [0.2, 0.25) is 0 Å². The number of nitrogens with one attached hydrogen (secondary N) is 1. The van der Waals surface area contributed by atoms with E-state index in [9.17, 15) is 0 Å². The quantitative estimate of drug-likeness (QED) is 0.237. The van der Waals surface area contributed by atoms with Gasteiger partial charge in [-0.1, -0.05) is 136 Å². The van der Waals surface area contributed by atoms with Crippen molar-refractivity contribution in [2.75, 3.05) is 0 Å². The molecule has 2 aliphatic heterocycles. The van der Waals surface area contributed by atoms with Crippen LogP contribution in [0.5, 0.6) is 5.75 Å². The topological polar surface area (TPSA) is 46.0 Å². The number of nitrogens with zero attached hydrogens (tertiary/aromatic N) is 2. The van der Waals surface area contributed by atoms with E-state index in [1.54, 1.807) is 0 Å². The van der Waals surface area contributed by atoms with Crippen molar-refractivity contribution in [3.05, 3.63) is 177 Å². The van der Waals surface area contributed by atoms with Gasteiger partial charge in [0.1, 0.15) is 23.2 Å². The van der Waals surface area contributed by atoms with Gasteiger partial charge >= 0.3 is 0 Å². The molecule has 4 nitrogen and oxygen atoms in total. The summed E-state index contributed by atoms with van der Waals surface area (Å²) in [6.07, 6.45) is 13.9. The molecule has 0 aromatic heterocycles. The summed E-state index contributed by atoms with van der Waals surface area (Å²) >= 11 is 0. The highest BCUT2D eigenvalue weighted by molar-refractivity contribution is 6.30. The highest BCUT2D eigenvalue weighted by Crippen LogP contribution is 2.68. The Kier molecular flexibility index (Phi) is 6.84. The van der Waals surface area contributed by atoms with E-state index in [0.717, 1.165) is 66.4 Å². The molecule has 0 radical (unpaired) electrons. The second-order valence-corrected chi connectivity index (χ2v) is 15.6. The number of benzene rings is 4. The smallest absolute Gasteiger partial charge is 0.170 e. The SMILES string of the molecule is CC1CC2=C(CC1C)C1(C3=CC=CCC3(C)c3cccc([C@@H]4N=C(C5=CCCc6ccccc65)NC(c5ccccc5)=N4)c31)c1ccccc1O2. The second kappa shape index (κ2) is 11.4. The van der Waals surface area contributed by atoms with Crippen molar-refractivity contribution in [2.24, 2.45) is 21.8 Å². The molecule has 4 unspecified atom stereocenters. The third-order valence-corrected chi connectivity index (χ3v) is 12.7. The number of aryl methyl sites for hydroxylation is 1. The minimum absolute atomic E-state index is 0.175. The van der Waals surface area contributed by atoms with Gasteiger partial charge in [-0.2, -0.15) is 0 Å². The second-order valence-electron chi connectivity index (χ2n) is 15.6. The zero-order valence-electron chi connectivity index (χ0n) is 29.6. The van der Waals surface area contributed by atoms with Gasteiger partial charge in [0.05, 0.1) is 5.41 Å². The van der Waals surface area contributed by atoms with Crippen LogP contribution in [0.25, 0.3) is 5.57 Å². The highest BCUT2D eigenvalue weighted by atomic mass is 16.5. The zero-order valence-corrected chi connectivity index (χ0v) is 29.6. The number of allylic oxidation sites excluding steroid dienone is 7. The van der Waals surface area contributed by atoms with Crippen molar-refractivity contribution >= 4 is 17.2 Å². The molecule has 4 heteroatoms. The lowest BCUT2D eigenvalue weighted by atomic mass is 9.58. The maximum atomic E-state index is 6.92. The molecule has 6 aliphatic rings. The van der Waals surface area contributed by atoms with Crippen LogP contribution in [0.1, 0.15) is 91.6 Å². The zero-order chi connectivity index (χ0) is 34.3. The summed E-state index contributed by atoms with van der Waals surface area (Å²) in [5.74, 6) is 4.98. The van der Waals surface area contributed by atoms with Crippen LogP contribution in [-0.2, 0) is 17.3 Å². The summed E-state index contributed by atoms with van der Waals surface area (Å²) in [6, 6.07) is 35.1. The molecule has 0 saturated heterocycles. The maximum Gasteiger partial charge on any atom is 0.170 e. The third kappa shape index (κ3) is 4.38. The average Bonchev–Trinajstić information content (AvgIpc) is 3.41. The van der Waals surface area contributed by atoms with Crippen molar-refractivity contribution in [1.29, 1.82) is 0 Å². The van der Waals surface area contributed by atoms with Gasteiger partial charge in [-0.05, 0) is 77.0 Å². The minimum atomic E-state index is -0.469. The number of fused-ring (bicyclic) bond motifs is 9. The van der Waals surface area contributed by atoms with Crippen LogP contribution in [-0.4, -0.2) is 11.7 Å². The fourth-order valence-corrected chi connectivity index (χ4v) is 10.0. The lowest BCUT2D eigenvalue weighted by Crippen LogP contribution is -2.42. The number of rotatable bonds is 3. The molecule has 5 atom stereocenters. The number of aliphatic imine (C=N–C) groups is 2. The monoisotopic (exact) mass is 665 g/mol. The van der Waals surface area contributed by atoms with Crippen LogP contribution in [0, 0.1) is 11.8 Å². The lowest BCUT2D eigenvalue weighted by Gasteiger charge is -2.48. The number of para-hydroxylation sites is 1. The Balaban J connectivity index is 1.26. The first-order chi connectivity index (χ1) is 25.0. The van der Waals surface area contributed by atoms with Gasteiger partial charge in [-0.3, -0.25) is 0 Å². The molecule has 4 aromatic rings. The van der Waals surface area contributed by atoms with Crippen molar-refractivity contribution in [3.8, 4) is 5.75 Å². The molecule has 0 bridgehead atoms. The van der Waals surface area contributed by atoms with Gasteiger partial charge < -0.3 is 10.1 Å². The van der Waals surface area contributed by atoms with Crippen LogP contribution in [0.15, 0.2) is 148 Å². The Bertz CT molecular complexity index is 2300. The average molecular weight is 666 g/mol. The molecule has 4 aliphatic carbocycles. The van der Waals surface area contributed by atoms with E-state index >= 15 is 0 Å². The van der Waals surface area contributed by atoms with Crippen LogP contribution in [0.4, 0.5) is 0 Å². The molecule has 10 rings (SSSR count). The molecule has 252 valence electrons. The van der Waals surface area contributed by atoms with Crippen LogP contribution in [0.3, 0.4) is 0 Å². The van der Waals surface area contributed by atoms with Gasteiger partial charge in [0.15, 0.2) is 6.17 Å². The predicted octanol–water partition coefficient (Wildman–Crippen LogP) is 10.3. The van der Waals surface area contributed by atoms with E-state index in [-0.39, 0.29) is 5.41 Å². The van der Waals surface area contributed by atoms with E-state index in [4.69, 9.17) is 14.7 Å². The van der Waals surface area contributed by atoms with Crippen LogP contribution < -0.4 is 10.1 Å². The van der Waals surface area contributed by atoms with E-state index in [2.05, 4.69) is 147 Å². The van der Waals surface area contributed by atoms with E-state index < -0.39 is 11.6 Å². The first kappa shape index (κ1) is 30.6. The van der Waals surface area contributed by atoms with Gasteiger partial charge in [-0.15, -0.1) is 0 Å². The Hall–Kier alpha value is -5.22. The van der Waals surface area contributed by atoms with E-state index in [0.29, 0.717) is 11.8 Å².